The summed E-state index contributed by atoms with van der Waals surface area (Å²) >= 11 is 1.22. The smallest absolute Gasteiger partial charge is 0.250 e. The molecule has 0 saturated carbocycles. The maximum atomic E-state index is 12.3. The van der Waals surface area contributed by atoms with Gasteiger partial charge < -0.3 is 10.2 Å². The van der Waals surface area contributed by atoms with Gasteiger partial charge in [0.15, 0.2) is 0 Å². The SMILES string of the molecule is Cl.O=C(C1CCCN1)N1CCC(NS(=O)(=O)c2cccs2)CC1. The van der Waals surface area contributed by atoms with Crippen molar-refractivity contribution >= 4 is 39.7 Å². The largest absolute Gasteiger partial charge is 0.341 e. The number of hydrogen-bond acceptors (Lipinski definition) is 5. The van der Waals surface area contributed by atoms with E-state index in [0.717, 1.165) is 19.4 Å². The van der Waals surface area contributed by atoms with Crippen molar-refractivity contribution in [2.45, 2.75) is 42.0 Å². The van der Waals surface area contributed by atoms with Crippen LogP contribution in [0.4, 0.5) is 0 Å². The summed E-state index contributed by atoms with van der Waals surface area (Å²) in [7, 11) is -3.42. The Bertz CT molecular complexity index is 607. The van der Waals surface area contributed by atoms with Gasteiger partial charge in [0.25, 0.3) is 0 Å². The van der Waals surface area contributed by atoms with E-state index >= 15 is 0 Å². The Labute approximate surface area is 147 Å². The summed E-state index contributed by atoms with van der Waals surface area (Å²) in [5.41, 5.74) is 0. The van der Waals surface area contributed by atoms with E-state index in [-0.39, 0.29) is 30.4 Å². The van der Waals surface area contributed by atoms with Crippen LogP contribution in [0.15, 0.2) is 21.7 Å². The summed E-state index contributed by atoms with van der Waals surface area (Å²) in [5.74, 6) is 0.164. The van der Waals surface area contributed by atoms with Crippen LogP contribution in [0.3, 0.4) is 0 Å². The van der Waals surface area contributed by atoms with Gasteiger partial charge in [0.1, 0.15) is 4.21 Å². The first kappa shape index (κ1) is 18.7. The summed E-state index contributed by atoms with van der Waals surface area (Å²) in [6.45, 7) is 2.15. The van der Waals surface area contributed by atoms with Gasteiger partial charge in [-0.3, -0.25) is 4.79 Å². The van der Waals surface area contributed by atoms with Gasteiger partial charge in [-0.1, -0.05) is 6.07 Å². The zero-order chi connectivity index (χ0) is 15.6. The molecule has 1 atom stereocenters. The zero-order valence-electron chi connectivity index (χ0n) is 12.7. The van der Waals surface area contributed by atoms with Crippen LogP contribution in [0.2, 0.25) is 0 Å². The third-order valence-corrected chi connectivity index (χ3v) is 7.16. The van der Waals surface area contributed by atoms with E-state index in [4.69, 9.17) is 0 Å². The van der Waals surface area contributed by atoms with Crippen LogP contribution in [-0.4, -0.2) is 50.9 Å². The highest BCUT2D eigenvalue weighted by Gasteiger charge is 2.31. The lowest BCUT2D eigenvalue weighted by molar-refractivity contribution is -0.134. The van der Waals surface area contributed by atoms with Crippen LogP contribution in [-0.2, 0) is 14.8 Å². The quantitative estimate of drug-likeness (QED) is 0.823. The predicted molar refractivity (Wildman–Crippen MR) is 92.5 cm³/mol. The maximum Gasteiger partial charge on any atom is 0.250 e. The Hall–Kier alpha value is -0.670. The van der Waals surface area contributed by atoms with Gasteiger partial charge in [-0.15, -0.1) is 23.7 Å². The first-order valence-corrected chi connectivity index (χ1v) is 10.0. The van der Waals surface area contributed by atoms with Crippen molar-refractivity contribution in [3.05, 3.63) is 17.5 Å². The predicted octanol–water partition coefficient (Wildman–Crippen LogP) is 1.19. The summed E-state index contributed by atoms with van der Waals surface area (Å²) in [6.07, 6.45) is 3.30. The number of sulfonamides is 1. The first-order chi connectivity index (χ1) is 10.6. The molecule has 1 amide bonds. The van der Waals surface area contributed by atoms with Crippen LogP contribution in [0.1, 0.15) is 25.7 Å². The van der Waals surface area contributed by atoms with Gasteiger partial charge in [0.2, 0.25) is 15.9 Å². The second-order valence-corrected chi connectivity index (χ2v) is 8.69. The molecule has 1 aromatic rings. The summed E-state index contributed by atoms with van der Waals surface area (Å²) in [5, 5.41) is 4.97. The fourth-order valence-electron chi connectivity index (χ4n) is 3.03. The Morgan fingerprint density at radius 3 is 2.61 bits per heavy atom. The van der Waals surface area contributed by atoms with Gasteiger partial charge >= 0.3 is 0 Å². The van der Waals surface area contributed by atoms with Crippen LogP contribution in [0.5, 0.6) is 0 Å². The molecule has 23 heavy (non-hydrogen) atoms. The van der Waals surface area contributed by atoms with Gasteiger partial charge in [-0.05, 0) is 43.7 Å². The van der Waals surface area contributed by atoms with Crippen LogP contribution in [0.25, 0.3) is 0 Å². The Kier molecular flexibility index (Phi) is 6.44. The van der Waals surface area contributed by atoms with Crippen LogP contribution in [0, 0.1) is 0 Å². The number of nitrogens with zero attached hydrogens (tertiary/aromatic N) is 1. The molecule has 1 aromatic heterocycles. The van der Waals surface area contributed by atoms with E-state index in [1.165, 1.54) is 11.3 Å². The lowest BCUT2D eigenvalue weighted by atomic mass is 10.0. The number of hydrogen-bond donors (Lipinski definition) is 2. The molecule has 2 N–H and O–H groups in total. The normalized spacial score (nSPS) is 22.8. The number of rotatable bonds is 4. The molecule has 1 unspecified atom stereocenters. The summed E-state index contributed by atoms with van der Waals surface area (Å²) in [6, 6.07) is 3.21. The summed E-state index contributed by atoms with van der Waals surface area (Å²) in [4.78, 5) is 14.2. The van der Waals surface area contributed by atoms with Gasteiger partial charge in [-0.2, -0.15) is 0 Å². The number of piperidine rings is 1. The fraction of sp³-hybridized carbons (Fsp3) is 0.643. The molecule has 3 rings (SSSR count). The molecule has 0 spiro atoms. The molecule has 0 bridgehead atoms. The molecular formula is C14H22ClN3O3S2. The molecule has 2 saturated heterocycles. The summed E-state index contributed by atoms with van der Waals surface area (Å²) < 4.78 is 27.5. The highest BCUT2D eigenvalue weighted by molar-refractivity contribution is 7.91. The van der Waals surface area contributed by atoms with E-state index in [0.29, 0.717) is 30.1 Å². The van der Waals surface area contributed by atoms with Crippen LogP contribution < -0.4 is 10.0 Å². The van der Waals surface area contributed by atoms with Crippen molar-refractivity contribution in [2.24, 2.45) is 0 Å². The van der Waals surface area contributed by atoms with E-state index < -0.39 is 10.0 Å². The standard InChI is InChI=1S/C14H21N3O3S2.ClH/c18-14(12-3-1-7-15-12)17-8-5-11(6-9-17)16-22(19,20)13-4-2-10-21-13;/h2,4,10-12,15-16H,1,3,5-9H2;1H. The number of likely N-dealkylation sites (tertiary alicyclic amines) is 1. The van der Waals surface area contributed by atoms with Crippen molar-refractivity contribution in [1.82, 2.24) is 14.9 Å². The number of carbonyl (C=O) groups excluding carboxylic acids is 1. The average Bonchev–Trinajstić information content (AvgIpc) is 3.20. The molecule has 0 radical (unpaired) electrons. The molecular weight excluding hydrogens is 358 g/mol. The van der Waals surface area contributed by atoms with Gasteiger partial charge in [0, 0.05) is 19.1 Å². The second-order valence-electron chi connectivity index (χ2n) is 5.80. The number of thiophene rings is 1. The monoisotopic (exact) mass is 379 g/mol. The van der Waals surface area contributed by atoms with E-state index in [9.17, 15) is 13.2 Å². The number of halogens is 1. The molecule has 2 aliphatic heterocycles. The zero-order valence-corrected chi connectivity index (χ0v) is 15.2. The van der Waals surface area contributed by atoms with E-state index in [2.05, 4.69) is 10.0 Å². The molecule has 2 aliphatic rings. The fourth-order valence-corrected chi connectivity index (χ4v) is 5.34. The minimum absolute atomic E-state index is 0. The highest BCUT2D eigenvalue weighted by atomic mass is 35.5. The minimum atomic E-state index is -3.42. The third-order valence-electron chi connectivity index (χ3n) is 4.25. The Balaban J connectivity index is 0.00000192. The Morgan fingerprint density at radius 1 is 1.30 bits per heavy atom. The Morgan fingerprint density at radius 2 is 2.04 bits per heavy atom. The van der Waals surface area contributed by atoms with Crippen molar-refractivity contribution in [3.63, 3.8) is 0 Å². The number of amides is 1. The minimum Gasteiger partial charge on any atom is -0.341 e. The first-order valence-electron chi connectivity index (χ1n) is 7.64. The topological polar surface area (TPSA) is 78.5 Å². The molecule has 2 fully saturated rings. The molecule has 6 nitrogen and oxygen atoms in total. The lowest BCUT2D eigenvalue weighted by Gasteiger charge is -2.33. The molecule has 3 heterocycles. The highest BCUT2D eigenvalue weighted by Crippen LogP contribution is 2.19. The maximum absolute atomic E-state index is 12.3. The van der Waals surface area contributed by atoms with Gasteiger partial charge in [0.05, 0.1) is 6.04 Å². The van der Waals surface area contributed by atoms with Crippen molar-refractivity contribution in [2.75, 3.05) is 19.6 Å². The van der Waals surface area contributed by atoms with Crippen molar-refractivity contribution in [3.8, 4) is 0 Å². The van der Waals surface area contributed by atoms with Crippen molar-refractivity contribution in [1.29, 1.82) is 0 Å². The molecule has 0 aliphatic carbocycles. The van der Waals surface area contributed by atoms with E-state index in [1.54, 1.807) is 17.5 Å². The second kappa shape index (κ2) is 7.94. The van der Waals surface area contributed by atoms with Crippen molar-refractivity contribution < 1.29 is 13.2 Å². The third kappa shape index (κ3) is 4.45. The number of nitrogens with one attached hydrogen (secondary N) is 2. The van der Waals surface area contributed by atoms with Crippen LogP contribution >= 0.6 is 23.7 Å². The lowest BCUT2D eigenvalue weighted by Crippen LogP contribution is -2.50. The number of carbonyl (C=O) groups is 1. The van der Waals surface area contributed by atoms with Gasteiger partial charge in [-0.25, -0.2) is 13.1 Å². The molecule has 0 aromatic carbocycles. The molecule has 130 valence electrons. The average molecular weight is 380 g/mol. The molecule has 9 heteroatoms. The van der Waals surface area contributed by atoms with E-state index in [1.807, 2.05) is 4.90 Å².